The van der Waals surface area contributed by atoms with Crippen molar-refractivity contribution in [3.05, 3.63) is 51.4 Å². The zero-order chi connectivity index (χ0) is 12.3. The maximum atomic E-state index is 8.94. The summed E-state index contributed by atoms with van der Waals surface area (Å²) in [6, 6.07) is 11.8. The van der Waals surface area contributed by atoms with Gasteiger partial charge in [0.1, 0.15) is 6.07 Å². The van der Waals surface area contributed by atoms with E-state index >= 15 is 0 Å². The highest BCUT2D eigenvalue weighted by atomic mass is 127. The van der Waals surface area contributed by atoms with Crippen LogP contribution >= 0.6 is 22.6 Å². The van der Waals surface area contributed by atoms with Crippen LogP contribution in [0.15, 0.2) is 36.5 Å². The van der Waals surface area contributed by atoms with Crippen molar-refractivity contribution in [2.75, 3.05) is 5.32 Å². The summed E-state index contributed by atoms with van der Waals surface area (Å²) in [6.45, 7) is 2.07. The van der Waals surface area contributed by atoms with Gasteiger partial charge in [-0.2, -0.15) is 5.26 Å². The lowest BCUT2D eigenvalue weighted by atomic mass is 10.2. The molecule has 0 amide bonds. The van der Waals surface area contributed by atoms with Crippen molar-refractivity contribution < 1.29 is 0 Å². The van der Waals surface area contributed by atoms with E-state index in [0.717, 1.165) is 11.4 Å². The van der Waals surface area contributed by atoms with E-state index in [4.69, 9.17) is 5.26 Å². The van der Waals surface area contributed by atoms with Gasteiger partial charge < -0.3 is 5.32 Å². The van der Waals surface area contributed by atoms with Gasteiger partial charge in [0.05, 0.1) is 5.69 Å². The Morgan fingerprint density at radius 3 is 2.88 bits per heavy atom. The quantitative estimate of drug-likeness (QED) is 0.853. The van der Waals surface area contributed by atoms with E-state index in [-0.39, 0.29) is 0 Å². The van der Waals surface area contributed by atoms with Crippen molar-refractivity contribution >= 4 is 34.0 Å². The maximum absolute atomic E-state index is 8.94. The Balaban J connectivity index is 2.32. The number of benzene rings is 1. The molecule has 1 N–H and O–H groups in total. The highest BCUT2D eigenvalue weighted by Crippen LogP contribution is 2.22. The number of halogens is 1. The lowest BCUT2D eigenvalue weighted by molar-refractivity contribution is 1.26. The Bertz CT molecular complexity index is 587. The van der Waals surface area contributed by atoms with Gasteiger partial charge in [-0.3, -0.25) is 0 Å². The first-order chi connectivity index (χ1) is 8.20. The average molecular weight is 335 g/mol. The SMILES string of the molecule is Cc1ccc(Nc2cccnc2C#N)cc1I. The molecule has 84 valence electrons. The Hall–Kier alpha value is -1.61. The molecule has 0 aliphatic carbocycles. The van der Waals surface area contributed by atoms with Crippen molar-refractivity contribution in [3.63, 3.8) is 0 Å². The fourth-order valence-corrected chi connectivity index (χ4v) is 1.94. The van der Waals surface area contributed by atoms with Crippen LogP contribution in [-0.4, -0.2) is 4.98 Å². The van der Waals surface area contributed by atoms with E-state index in [9.17, 15) is 0 Å². The minimum atomic E-state index is 0.406. The zero-order valence-corrected chi connectivity index (χ0v) is 11.4. The Morgan fingerprint density at radius 1 is 1.35 bits per heavy atom. The number of aryl methyl sites for hydroxylation is 1. The number of rotatable bonds is 2. The third-order valence-corrected chi connectivity index (χ3v) is 3.53. The van der Waals surface area contributed by atoms with Crippen LogP contribution in [0.5, 0.6) is 0 Å². The summed E-state index contributed by atoms with van der Waals surface area (Å²) in [4.78, 5) is 4.01. The zero-order valence-electron chi connectivity index (χ0n) is 9.24. The van der Waals surface area contributed by atoms with Gasteiger partial charge in [-0.05, 0) is 59.3 Å². The molecule has 17 heavy (non-hydrogen) atoms. The van der Waals surface area contributed by atoms with Crippen LogP contribution in [-0.2, 0) is 0 Å². The number of nitrogens with zero attached hydrogens (tertiary/aromatic N) is 2. The summed E-state index contributed by atoms with van der Waals surface area (Å²) in [7, 11) is 0. The second kappa shape index (κ2) is 5.15. The molecule has 4 heteroatoms. The molecule has 0 radical (unpaired) electrons. The molecule has 1 aromatic carbocycles. The monoisotopic (exact) mass is 335 g/mol. The lowest BCUT2D eigenvalue weighted by Gasteiger charge is -2.08. The molecule has 0 atom stereocenters. The molecule has 1 aromatic heterocycles. The van der Waals surface area contributed by atoms with Crippen LogP contribution in [0.3, 0.4) is 0 Å². The number of nitrogens with one attached hydrogen (secondary N) is 1. The summed E-state index contributed by atoms with van der Waals surface area (Å²) in [5.74, 6) is 0. The fraction of sp³-hybridized carbons (Fsp3) is 0.0769. The van der Waals surface area contributed by atoms with E-state index in [1.807, 2.05) is 30.3 Å². The lowest BCUT2D eigenvalue weighted by Crippen LogP contribution is -1.96. The van der Waals surface area contributed by atoms with Crippen molar-refractivity contribution in [2.24, 2.45) is 0 Å². The summed E-state index contributed by atoms with van der Waals surface area (Å²) in [6.07, 6.45) is 1.61. The first-order valence-corrected chi connectivity index (χ1v) is 6.17. The summed E-state index contributed by atoms with van der Waals surface area (Å²) >= 11 is 2.29. The topological polar surface area (TPSA) is 48.7 Å². The van der Waals surface area contributed by atoms with Gasteiger partial charge >= 0.3 is 0 Å². The molecule has 2 rings (SSSR count). The molecular formula is C13H10IN3. The number of hydrogen-bond acceptors (Lipinski definition) is 3. The maximum Gasteiger partial charge on any atom is 0.163 e. The van der Waals surface area contributed by atoms with Crippen LogP contribution in [0.25, 0.3) is 0 Å². The van der Waals surface area contributed by atoms with E-state index < -0.39 is 0 Å². The third kappa shape index (κ3) is 2.74. The molecule has 0 bridgehead atoms. The van der Waals surface area contributed by atoms with Crippen LogP contribution in [0.2, 0.25) is 0 Å². The largest absolute Gasteiger partial charge is 0.353 e. The Kier molecular flexibility index (Phi) is 3.59. The minimum absolute atomic E-state index is 0.406. The van der Waals surface area contributed by atoms with Crippen molar-refractivity contribution in [1.29, 1.82) is 5.26 Å². The molecule has 1 heterocycles. The summed E-state index contributed by atoms with van der Waals surface area (Å²) in [5, 5.41) is 12.1. The van der Waals surface area contributed by atoms with Crippen molar-refractivity contribution in [2.45, 2.75) is 6.92 Å². The summed E-state index contributed by atoms with van der Waals surface area (Å²) < 4.78 is 1.19. The molecule has 0 saturated carbocycles. The highest BCUT2D eigenvalue weighted by molar-refractivity contribution is 14.1. The average Bonchev–Trinajstić information content (AvgIpc) is 2.34. The number of nitriles is 1. The molecule has 0 aliphatic heterocycles. The van der Waals surface area contributed by atoms with Gasteiger partial charge in [-0.15, -0.1) is 0 Å². The summed E-state index contributed by atoms with van der Waals surface area (Å²) in [5.41, 5.74) is 3.34. The van der Waals surface area contributed by atoms with Gasteiger partial charge in [-0.1, -0.05) is 6.07 Å². The normalized spacial score (nSPS) is 9.71. The number of pyridine rings is 1. The molecular weight excluding hydrogens is 325 g/mol. The molecule has 0 aliphatic rings. The number of anilines is 2. The first kappa shape index (κ1) is 11.9. The Morgan fingerprint density at radius 2 is 2.18 bits per heavy atom. The molecule has 0 saturated heterocycles. The van der Waals surface area contributed by atoms with E-state index in [2.05, 4.69) is 45.9 Å². The molecule has 3 nitrogen and oxygen atoms in total. The number of aromatic nitrogens is 1. The van der Waals surface area contributed by atoms with Gasteiger partial charge in [0.15, 0.2) is 5.69 Å². The molecule has 0 unspecified atom stereocenters. The predicted molar refractivity (Wildman–Crippen MR) is 76.1 cm³/mol. The van der Waals surface area contributed by atoms with Gasteiger partial charge in [0, 0.05) is 15.5 Å². The van der Waals surface area contributed by atoms with Crippen LogP contribution in [0.4, 0.5) is 11.4 Å². The second-order valence-electron chi connectivity index (χ2n) is 3.60. The van der Waals surface area contributed by atoms with E-state index in [1.54, 1.807) is 6.20 Å². The van der Waals surface area contributed by atoms with Gasteiger partial charge in [0.25, 0.3) is 0 Å². The molecule has 0 spiro atoms. The number of hydrogen-bond donors (Lipinski definition) is 1. The standard InChI is InChI=1S/C13H10IN3/c1-9-4-5-10(7-11(9)14)17-12-3-2-6-16-13(12)8-15/h2-7,17H,1H3. The van der Waals surface area contributed by atoms with E-state index in [1.165, 1.54) is 9.13 Å². The second-order valence-corrected chi connectivity index (χ2v) is 4.76. The first-order valence-electron chi connectivity index (χ1n) is 5.09. The third-order valence-electron chi connectivity index (χ3n) is 2.36. The van der Waals surface area contributed by atoms with Crippen molar-refractivity contribution in [1.82, 2.24) is 4.98 Å². The minimum Gasteiger partial charge on any atom is -0.353 e. The van der Waals surface area contributed by atoms with E-state index in [0.29, 0.717) is 5.69 Å². The smallest absolute Gasteiger partial charge is 0.163 e. The predicted octanol–water partition coefficient (Wildman–Crippen LogP) is 3.61. The van der Waals surface area contributed by atoms with Crippen LogP contribution in [0, 0.1) is 21.8 Å². The van der Waals surface area contributed by atoms with Gasteiger partial charge in [-0.25, -0.2) is 4.98 Å². The fourth-order valence-electron chi connectivity index (χ4n) is 1.42. The van der Waals surface area contributed by atoms with Crippen molar-refractivity contribution in [3.8, 4) is 6.07 Å². The van der Waals surface area contributed by atoms with Gasteiger partial charge in [0.2, 0.25) is 0 Å². The van der Waals surface area contributed by atoms with Crippen LogP contribution < -0.4 is 5.32 Å². The Labute approximate surface area is 114 Å². The van der Waals surface area contributed by atoms with Crippen LogP contribution in [0.1, 0.15) is 11.3 Å². The molecule has 2 aromatic rings. The molecule has 0 fully saturated rings. The highest BCUT2D eigenvalue weighted by Gasteiger charge is 2.03.